The second-order valence-electron chi connectivity index (χ2n) is 4.00. The van der Waals surface area contributed by atoms with Gasteiger partial charge in [-0.05, 0) is 41.8 Å². The monoisotopic (exact) mass is 288 g/mol. The van der Waals surface area contributed by atoms with Crippen molar-refractivity contribution in [3.8, 4) is 0 Å². The highest BCUT2D eigenvalue weighted by Gasteiger charge is 2.39. The molecule has 1 N–H and O–H groups in total. The van der Waals surface area contributed by atoms with Crippen LogP contribution in [0, 0.1) is 0 Å². The Balaban J connectivity index is 2.21. The van der Waals surface area contributed by atoms with Gasteiger partial charge in [0.25, 0.3) is 5.91 Å². The Morgan fingerprint density at radius 3 is 2.93 bits per heavy atom. The summed E-state index contributed by atoms with van der Waals surface area (Å²) in [5, 5.41) is 3.28. The zero-order chi connectivity index (χ0) is 11.1. The third-order valence-electron chi connectivity index (χ3n) is 2.48. The van der Waals surface area contributed by atoms with Gasteiger partial charge in [0.05, 0.1) is 5.56 Å². The smallest absolute Gasteiger partial charge is 0.253 e. The lowest BCUT2D eigenvalue weighted by atomic mass is 10.2. The molecule has 1 aliphatic rings. The first kappa shape index (κ1) is 10.9. The maximum atomic E-state index is 11.8. The molecule has 0 spiro atoms. The van der Waals surface area contributed by atoms with Gasteiger partial charge in [-0.1, -0.05) is 11.6 Å². The number of carbonyl (C=O) groups is 1. The van der Waals surface area contributed by atoms with Crippen molar-refractivity contribution in [2.45, 2.75) is 25.3 Å². The van der Waals surface area contributed by atoms with E-state index in [1.807, 2.05) is 6.92 Å². The van der Waals surface area contributed by atoms with E-state index in [-0.39, 0.29) is 11.4 Å². The Morgan fingerprint density at radius 1 is 1.67 bits per heavy atom. The molecule has 1 saturated carbocycles. The Morgan fingerprint density at radius 2 is 2.33 bits per heavy atom. The third kappa shape index (κ3) is 2.49. The van der Waals surface area contributed by atoms with E-state index in [4.69, 9.17) is 11.6 Å². The summed E-state index contributed by atoms with van der Waals surface area (Å²) < 4.78 is 0.661. The summed E-state index contributed by atoms with van der Waals surface area (Å²) in [7, 11) is 0. The molecule has 1 aromatic rings. The zero-order valence-corrected chi connectivity index (χ0v) is 10.5. The van der Waals surface area contributed by atoms with Gasteiger partial charge in [0, 0.05) is 16.2 Å². The van der Waals surface area contributed by atoms with Crippen LogP contribution in [-0.2, 0) is 0 Å². The number of aromatic nitrogens is 1. The summed E-state index contributed by atoms with van der Waals surface area (Å²) in [4.78, 5) is 15.7. The highest BCUT2D eigenvalue weighted by molar-refractivity contribution is 9.10. The van der Waals surface area contributed by atoms with Crippen molar-refractivity contribution in [2.24, 2.45) is 0 Å². The van der Waals surface area contributed by atoms with E-state index in [2.05, 4.69) is 26.2 Å². The highest BCUT2D eigenvalue weighted by atomic mass is 79.9. The largest absolute Gasteiger partial charge is 0.347 e. The second kappa shape index (κ2) is 3.76. The fourth-order valence-corrected chi connectivity index (χ4v) is 1.80. The maximum Gasteiger partial charge on any atom is 0.253 e. The molecule has 3 nitrogen and oxygen atoms in total. The van der Waals surface area contributed by atoms with Crippen LogP contribution in [0.25, 0.3) is 0 Å². The second-order valence-corrected chi connectivity index (χ2v) is 5.24. The number of hydrogen-bond donors (Lipinski definition) is 1. The first-order valence-corrected chi connectivity index (χ1v) is 5.81. The molecule has 0 saturated heterocycles. The van der Waals surface area contributed by atoms with Gasteiger partial charge in [0.15, 0.2) is 0 Å². The summed E-state index contributed by atoms with van der Waals surface area (Å²) >= 11 is 9.01. The quantitative estimate of drug-likeness (QED) is 0.851. The number of halogens is 2. The van der Waals surface area contributed by atoms with Gasteiger partial charge in [-0.25, -0.2) is 4.98 Å². The molecule has 15 heavy (non-hydrogen) atoms. The minimum absolute atomic E-state index is 0.0216. The Hall–Kier alpha value is -0.610. The van der Waals surface area contributed by atoms with Gasteiger partial charge < -0.3 is 5.32 Å². The molecule has 0 radical (unpaired) electrons. The van der Waals surface area contributed by atoms with Crippen molar-refractivity contribution in [1.82, 2.24) is 10.3 Å². The first-order valence-electron chi connectivity index (χ1n) is 4.64. The summed E-state index contributed by atoms with van der Waals surface area (Å²) in [5.74, 6) is -0.105. The Kier molecular flexibility index (Phi) is 2.73. The van der Waals surface area contributed by atoms with Crippen molar-refractivity contribution in [1.29, 1.82) is 0 Å². The average molecular weight is 290 g/mol. The number of amides is 1. The molecule has 0 bridgehead atoms. The first-order chi connectivity index (χ1) is 7.00. The number of rotatable bonds is 2. The lowest BCUT2D eigenvalue weighted by Crippen LogP contribution is -2.34. The predicted octanol–water partition coefficient (Wildman–Crippen LogP) is 2.78. The van der Waals surface area contributed by atoms with E-state index in [9.17, 15) is 4.79 Å². The number of nitrogens with zero attached hydrogens (tertiary/aromatic N) is 1. The SMILES string of the molecule is CC1(NC(=O)c2cc(Cl)ncc2Br)CC1. The van der Waals surface area contributed by atoms with Gasteiger partial charge in [-0.15, -0.1) is 0 Å². The molecule has 1 amide bonds. The van der Waals surface area contributed by atoms with E-state index in [1.165, 1.54) is 6.20 Å². The molecular formula is C10H10BrClN2O. The Bertz CT molecular complexity index is 418. The van der Waals surface area contributed by atoms with Crippen LogP contribution < -0.4 is 5.32 Å². The van der Waals surface area contributed by atoms with Gasteiger partial charge in [0.2, 0.25) is 0 Å². The third-order valence-corrected chi connectivity index (χ3v) is 3.32. The van der Waals surface area contributed by atoms with Crippen molar-refractivity contribution < 1.29 is 4.79 Å². The molecule has 1 heterocycles. The number of carbonyl (C=O) groups excluding carboxylic acids is 1. The predicted molar refractivity (Wildman–Crippen MR) is 62.1 cm³/mol. The number of pyridine rings is 1. The van der Waals surface area contributed by atoms with Gasteiger partial charge in [-0.3, -0.25) is 4.79 Å². The van der Waals surface area contributed by atoms with Crippen LogP contribution in [0.3, 0.4) is 0 Å². The molecule has 1 aliphatic carbocycles. The van der Waals surface area contributed by atoms with E-state index in [0.717, 1.165) is 12.8 Å². The normalized spacial score (nSPS) is 17.3. The molecular weight excluding hydrogens is 279 g/mol. The van der Waals surface area contributed by atoms with Gasteiger partial charge in [0.1, 0.15) is 5.15 Å². The molecule has 0 aliphatic heterocycles. The fourth-order valence-electron chi connectivity index (χ4n) is 1.24. The van der Waals surface area contributed by atoms with E-state index >= 15 is 0 Å². The topological polar surface area (TPSA) is 42.0 Å². The Labute approximate surface area is 101 Å². The lowest BCUT2D eigenvalue weighted by Gasteiger charge is -2.12. The van der Waals surface area contributed by atoms with Crippen LogP contribution in [0.5, 0.6) is 0 Å². The molecule has 1 aromatic heterocycles. The number of hydrogen-bond acceptors (Lipinski definition) is 2. The molecule has 80 valence electrons. The van der Waals surface area contributed by atoms with Crippen LogP contribution in [0.4, 0.5) is 0 Å². The minimum Gasteiger partial charge on any atom is -0.347 e. The molecule has 1 fully saturated rings. The van der Waals surface area contributed by atoms with Gasteiger partial charge >= 0.3 is 0 Å². The summed E-state index contributed by atoms with van der Waals surface area (Å²) in [6.07, 6.45) is 3.61. The molecule has 5 heteroatoms. The van der Waals surface area contributed by atoms with Crippen molar-refractivity contribution in [3.63, 3.8) is 0 Å². The molecule has 2 rings (SSSR count). The molecule has 0 atom stereocenters. The van der Waals surface area contributed by atoms with Crippen LogP contribution in [0.15, 0.2) is 16.7 Å². The summed E-state index contributed by atoms with van der Waals surface area (Å²) in [6.45, 7) is 2.03. The fraction of sp³-hybridized carbons (Fsp3) is 0.400. The standard InChI is InChI=1S/C10H10BrClN2O/c1-10(2-3-10)14-9(15)6-4-8(12)13-5-7(6)11/h4-5H,2-3H2,1H3,(H,14,15). The highest BCUT2D eigenvalue weighted by Crippen LogP contribution is 2.35. The lowest BCUT2D eigenvalue weighted by molar-refractivity contribution is 0.0934. The minimum atomic E-state index is -0.105. The molecule has 0 unspecified atom stereocenters. The average Bonchev–Trinajstić information content (AvgIpc) is 2.87. The molecule has 0 aromatic carbocycles. The summed E-state index contributed by atoms with van der Waals surface area (Å²) in [5.41, 5.74) is 0.509. The zero-order valence-electron chi connectivity index (χ0n) is 8.18. The van der Waals surface area contributed by atoms with Crippen molar-refractivity contribution in [3.05, 3.63) is 27.5 Å². The summed E-state index contributed by atoms with van der Waals surface area (Å²) in [6, 6.07) is 1.56. The maximum absolute atomic E-state index is 11.8. The van der Waals surface area contributed by atoms with E-state index < -0.39 is 0 Å². The van der Waals surface area contributed by atoms with Crippen LogP contribution in [0.1, 0.15) is 30.1 Å². The van der Waals surface area contributed by atoms with Crippen LogP contribution in [-0.4, -0.2) is 16.4 Å². The number of nitrogens with one attached hydrogen (secondary N) is 1. The van der Waals surface area contributed by atoms with Crippen LogP contribution >= 0.6 is 27.5 Å². The van der Waals surface area contributed by atoms with E-state index in [1.54, 1.807) is 6.07 Å². The van der Waals surface area contributed by atoms with E-state index in [0.29, 0.717) is 15.2 Å². The van der Waals surface area contributed by atoms with Crippen LogP contribution in [0.2, 0.25) is 5.15 Å². The van der Waals surface area contributed by atoms with Crippen molar-refractivity contribution in [2.75, 3.05) is 0 Å². The van der Waals surface area contributed by atoms with Gasteiger partial charge in [-0.2, -0.15) is 0 Å². The van der Waals surface area contributed by atoms with Crippen molar-refractivity contribution >= 4 is 33.4 Å².